The summed E-state index contributed by atoms with van der Waals surface area (Å²) in [6.07, 6.45) is 2.94. The van der Waals surface area contributed by atoms with Crippen LogP contribution < -0.4 is 5.32 Å². The maximum atomic E-state index is 14.0. The Hall–Kier alpha value is -4.36. The molecule has 1 unspecified atom stereocenters. The maximum Gasteiger partial charge on any atom is 0.322 e. The van der Waals surface area contributed by atoms with Gasteiger partial charge in [0.15, 0.2) is 0 Å². The lowest BCUT2D eigenvalue weighted by molar-refractivity contribution is 0.194. The molecule has 3 aromatic carbocycles. The van der Waals surface area contributed by atoms with Crippen LogP contribution in [0.4, 0.5) is 14.9 Å². The SMILES string of the molecule is CCc1ccc(C2c3cccn3-c3c(c(C)nn3-c3ccccc3)CN2C(=O)Nc2ccc(F)c(Cl)c2)cc1. The molecule has 5 aromatic rings. The number of hydrogen-bond donors (Lipinski definition) is 1. The van der Waals surface area contributed by atoms with Crippen LogP contribution in [0.15, 0.2) is 91.1 Å². The number of urea groups is 1. The van der Waals surface area contributed by atoms with E-state index in [1.807, 2.05) is 60.3 Å². The second-order valence-electron chi connectivity index (χ2n) is 9.62. The molecule has 3 heterocycles. The van der Waals surface area contributed by atoms with Gasteiger partial charge in [0, 0.05) is 17.4 Å². The number of fused-ring (bicyclic) bond motifs is 3. The van der Waals surface area contributed by atoms with Gasteiger partial charge in [-0.15, -0.1) is 0 Å². The number of carbonyl (C=O) groups excluding carboxylic acids is 1. The third kappa shape index (κ3) is 4.49. The van der Waals surface area contributed by atoms with Gasteiger partial charge in [-0.25, -0.2) is 13.9 Å². The lowest BCUT2D eigenvalue weighted by Crippen LogP contribution is -2.38. The first-order chi connectivity index (χ1) is 18.9. The Bertz CT molecular complexity index is 1660. The third-order valence-electron chi connectivity index (χ3n) is 7.22. The summed E-state index contributed by atoms with van der Waals surface area (Å²) in [5.74, 6) is 0.360. The Morgan fingerprint density at radius 2 is 1.82 bits per heavy atom. The van der Waals surface area contributed by atoms with Crippen LogP contribution in [0.2, 0.25) is 5.02 Å². The van der Waals surface area contributed by atoms with E-state index in [2.05, 4.69) is 41.1 Å². The predicted molar refractivity (Wildman–Crippen MR) is 151 cm³/mol. The van der Waals surface area contributed by atoms with E-state index in [0.717, 1.165) is 40.4 Å². The molecule has 6 nitrogen and oxygen atoms in total. The van der Waals surface area contributed by atoms with Crippen molar-refractivity contribution in [2.75, 3.05) is 5.32 Å². The molecule has 0 bridgehead atoms. The summed E-state index contributed by atoms with van der Waals surface area (Å²) in [6.45, 7) is 4.40. The molecule has 8 heteroatoms. The Morgan fingerprint density at radius 3 is 2.54 bits per heavy atom. The molecule has 0 fully saturated rings. The molecule has 196 valence electrons. The highest BCUT2D eigenvalue weighted by molar-refractivity contribution is 6.31. The highest BCUT2D eigenvalue weighted by Crippen LogP contribution is 2.39. The fourth-order valence-corrected chi connectivity index (χ4v) is 5.39. The van der Waals surface area contributed by atoms with Crippen molar-refractivity contribution in [3.05, 3.63) is 130 Å². The van der Waals surface area contributed by atoms with Gasteiger partial charge in [-0.2, -0.15) is 5.10 Å². The average molecular weight is 540 g/mol. The number of anilines is 1. The number of para-hydroxylation sites is 1. The average Bonchev–Trinajstić information content (AvgIpc) is 3.51. The summed E-state index contributed by atoms with van der Waals surface area (Å²) in [5.41, 5.74) is 6.27. The molecule has 0 aliphatic carbocycles. The first-order valence-electron chi connectivity index (χ1n) is 12.9. The summed E-state index contributed by atoms with van der Waals surface area (Å²) in [7, 11) is 0. The quantitative estimate of drug-likeness (QED) is 0.258. The molecule has 2 amide bonds. The molecular formula is C31H27ClFN5O. The molecule has 0 radical (unpaired) electrons. The molecule has 0 spiro atoms. The minimum Gasteiger partial charge on any atom is -0.308 e. The van der Waals surface area contributed by atoms with E-state index in [1.165, 1.54) is 23.8 Å². The van der Waals surface area contributed by atoms with Crippen LogP contribution in [-0.2, 0) is 13.0 Å². The number of hydrogen-bond acceptors (Lipinski definition) is 2. The smallest absolute Gasteiger partial charge is 0.308 e. The van der Waals surface area contributed by atoms with Gasteiger partial charge in [0.05, 0.1) is 34.7 Å². The fourth-order valence-electron chi connectivity index (χ4n) is 5.20. The Balaban J connectivity index is 1.52. The maximum absolute atomic E-state index is 14.0. The zero-order valence-corrected chi connectivity index (χ0v) is 22.4. The molecule has 2 aromatic heterocycles. The van der Waals surface area contributed by atoms with E-state index in [4.69, 9.17) is 16.7 Å². The zero-order valence-electron chi connectivity index (χ0n) is 21.6. The van der Waals surface area contributed by atoms with Crippen molar-refractivity contribution >= 4 is 23.3 Å². The van der Waals surface area contributed by atoms with Crippen LogP contribution in [0.1, 0.15) is 41.0 Å². The van der Waals surface area contributed by atoms with Crippen molar-refractivity contribution in [3.63, 3.8) is 0 Å². The van der Waals surface area contributed by atoms with Crippen molar-refractivity contribution in [2.45, 2.75) is 32.9 Å². The molecule has 1 aliphatic heterocycles. The highest BCUT2D eigenvalue weighted by Gasteiger charge is 2.36. The van der Waals surface area contributed by atoms with Gasteiger partial charge < -0.3 is 14.8 Å². The van der Waals surface area contributed by atoms with Crippen LogP contribution in [0, 0.1) is 12.7 Å². The number of amides is 2. The summed E-state index contributed by atoms with van der Waals surface area (Å²) in [6, 6.07) is 25.9. The first-order valence-corrected chi connectivity index (χ1v) is 13.3. The van der Waals surface area contributed by atoms with E-state index in [1.54, 1.807) is 4.90 Å². The fraction of sp³-hybridized carbons (Fsp3) is 0.161. The largest absolute Gasteiger partial charge is 0.322 e. The van der Waals surface area contributed by atoms with Gasteiger partial charge in [0.1, 0.15) is 11.6 Å². The molecule has 1 aliphatic rings. The van der Waals surface area contributed by atoms with Crippen LogP contribution in [-0.4, -0.2) is 25.3 Å². The van der Waals surface area contributed by atoms with Crippen LogP contribution in [0.5, 0.6) is 0 Å². The van der Waals surface area contributed by atoms with Gasteiger partial charge in [-0.1, -0.05) is 61.0 Å². The molecular weight excluding hydrogens is 513 g/mol. The Kier molecular flexibility index (Phi) is 6.45. The summed E-state index contributed by atoms with van der Waals surface area (Å²) < 4.78 is 17.9. The monoisotopic (exact) mass is 539 g/mol. The molecule has 1 N–H and O–H groups in total. The number of aryl methyl sites for hydroxylation is 2. The summed E-state index contributed by atoms with van der Waals surface area (Å²) in [5, 5.41) is 7.77. The minimum atomic E-state index is -0.537. The van der Waals surface area contributed by atoms with Crippen LogP contribution >= 0.6 is 11.6 Å². The minimum absolute atomic E-state index is 0.0495. The lowest BCUT2D eigenvalue weighted by atomic mass is 9.99. The standard InChI is InChI=1S/C31H27ClFN5O/c1-3-21-11-13-22(14-12-21)29-28-10-7-17-36(28)30-25(20(2)35-38(30)24-8-5-4-6-9-24)19-37(29)31(39)34-23-15-16-27(33)26(32)18-23/h4-18,29H,3,19H2,1-2H3,(H,34,39). The second-order valence-corrected chi connectivity index (χ2v) is 10.0. The van der Waals surface area contributed by atoms with Gasteiger partial charge in [0.2, 0.25) is 0 Å². The van der Waals surface area contributed by atoms with Gasteiger partial charge in [-0.3, -0.25) is 0 Å². The van der Waals surface area contributed by atoms with Gasteiger partial charge in [0.25, 0.3) is 0 Å². The van der Waals surface area contributed by atoms with E-state index in [9.17, 15) is 9.18 Å². The lowest BCUT2D eigenvalue weighted by Gasteiger charge is -2.31. The number of nitrogens with zero attached hydrogens (tertiary/aromatic N) is 4. The molecule has 1 atom stereocenters. The summed E-state index contributed by atoms with van der Waals surface area (Å²) in [4.78, 5) is 15.8. The highest BCUT2D eigenvalue weighted by atomic mass is 35.5. The number of aromatic nitrogens is 3. The van der Waals surface area contributed by atoms with Crippen molar-refractivity contribution in [3.8, 4) is 11.5 Å². The zero-order chi connectivity index (χ0) is 27.1. The molecule has 6 rings (SSSR count). The topological polar surface area (TPSA) is 55.1 Å². The Labute approximate surface area is 231 Å². The number of carbonyl (C=O) groups is 1. The van der Waals surface area contributed by atoms with Crippen molar-refractivity contribution in [1.29, 1.82) is 0 Å². The normalized spacial score (nSPS) is 14.5. The molecule has 39 heavy (non-hydrogen) atoms. The van der Waals surface area contributed by atoms with E-state index >= 15 is 0 Å². The molecule has 0 saturated heterocycles. The van der Waals surface area contributed by atoms with E-state index in [0.29, 0.717) is 12.2 Å². The summed E-state index contributed by atoms with van der Waals surface area (Å²) >= 11 is 6.01. The number of nitrogens with one attached hydrogen (secondary N) is 1. The third-order valence-corrected chi connectivity index (χ3v) is 7.51. The van der Waals surface area contributed by atoms with Crippen LogP contribution in [0.25, 0.3) is 11.5 Å². The molecule has 0 saturated carbocycles. The van der Waals surface area contributed by atoms with E-state index in [-0.39, 0.29) is 11.1 Å². The van der Waals surface area contributed by atoms with Crippen molar-refractivity contribution in [1.82, 2.24) is 19.2 Å². The number of halogens is 2. The van der Waals surface area contributed by atoms with Crippen LogP contribution in [0.3, 0.4) is 0 Å². The Morgan fingerprint density at radius 1 is 1.05 bits per heavy atom. The first kappa shape index (κ1) is 24.9. The predicted octanol–water partition coefficient (Wildman–Crippen LogP) is 7.46. The van der Waals surface area contributed by atoms with Crippen molar-refractivity contribution < 1.29 is 9.18 Å². The van der Waals surface area contributed by atoms with E-state index < -0.39 is 11.9 Å². The van der Waals surface area contributed by atoms with Crippen molar-refractivity contribution in [2.24, 2.45) is 0 Å². The van der Waals surface area contributed by atoms with Gasteiger partial charge >= 0.3 is 6.03 Å². The number of benzene rings is 3. The second kappa shape index (κ2) is 10.1. The van der Waals surface area contributed by atoms with Gasteiger partial charge in [-0.05, 0) is 66.9 Å². The number of rotatable bonds is 4.